The van der Waals surface area contributed by atoms with E-state index in [0.717, 1.165) is 5.56 Å². The van der Waals surface area contributed by atoms with Gasteiger partial charge in [0.2, 0.25) is 0 Å². The van der Waals surface area contributed by atoms with Gasteiger partial charge in [-0.05, 0) is 49.9 Å². The van der Waals surface area contributed by atoms with Crippen LogP contribution < -0.4 is 4.74 Å². The Kier molecular flexibility index (Phi) is 7.37. The van der Waals surface area contributed by atoms with E-state index in [-0.39, 0.29) is 12.6 Å². The van der Waals surface area contributed by atoms with Crippen LogP contribution in [0, 0.1) is 0 Å². The first-order chi connectivity index (χ1) is 12.1. The summed E-state index contributed by atoms with van der Waals surface area (Å²) in [5, 5.41) is 10.1. The third kappa shape index (κ3) is 6.52. The van der Waals surface area contributed by atoms with Crippen molar-refractivity contribution >= 4 is 5.97 Å². The molecule has 6 nitrogen and oxygen atoms in total. The molecule has 0 saturated carbocycles. The summed E-state index contributed by atoms with van der Waals surface area (Å²) in [5.41, 5.74) is 1.57. The first kappa shape index (κ1) is 18.9. The molecular weight excluding hydrogens is 320 g/mol. The van der Waals surface area contributed by atoms with Crippen molar-refractivity contribution in [2.75, 3.05) is 26.8 Å². The summed E-state index contributed by atoms with van der Waals surface area (Å²) in [7, 11) is 1.93. The molecule has 1 aromatic heterocycles. The van der Waals surface area contributed by atoms with Crippen LogP contribution in [-0.2, 0) is 11.3 Å². The minimum Gasteiger partial charge on any atom is -0.491 e. The second-order valence-corrected chi connectivity index (χ2v) is 5.77. The molecule has 0 aliphatic rings. The number of pyridine rings is 1. The van der Waals surface area contributed by atoms with Gasteiger partial charge in [0.1, 0.15) is 18.5 Å². The van der Waals surface area contributed by atoms with E-state index >= 15 is 0 Å². The van der Waals surface area contributed by atoms with Crippen molar-refractivity contribution in [2.24, 2.45) is 0 Å². The quantitative estimate of drug-likeness (QED) is 0.703. The van der Waals surface area contributed by atoms with Crippen molar-refractivity contribution in [3.63, 3.8) is 0 Å². The molecule has 0 radical (unpaired) electrons. The predicted octanol–water partition coefficient (Wildman–Crippen LogP) is 2.13. The highest BCUT2D eigenvalue weighted by atomic mass is 16.5. The molecule has 0 spiro atoms. The Hall–Kier alpha value is -2.44. The molecule has 1 unspecified atom stereocenters. The number of hydrogen-bond donors (Lipinski definition) is 1. The van der Waals surface area contributed by atoms with Gasteiger partial charge in [0.15, 0.2) is 0 Å². The first-order valence-electron chi connectivity index (χ1n) is 8.24. The van der Waals surface area contributed by atoms with E-state index < -0.39 is 6.10 Å². The summed E-state index contributed by atoms with van der Waals surface area (Å²) in [4.78, 5) is 17.7. The number of hydrogen-bond acceptors (Lipinski definition) is 6. The summed E-state index contributed by atoms with van der Waals surface area (Å²) in [5.74, 6) is 0.244. The lowest BCUT2D eigenvalue weighted by Crippen LogP contribution is -2.32. The number of aliphatic hydroxyl groups is 1. The molecule has 0 fully saturated rings. The van der Waals surface area contributed by atoms with Crippen LogP contribution in [0.4, 0.5) is 0 Å². The number of carbonyl (C=O) groups is 1. The van der Waals surface area contributed by atoms with Crippen molar-refractivity contribution in [1.29, 1.82) is 0 Å². The Bertz CT molecular complexity index is 646. The highest BCUT2D eigenvalue weighted by Crippen LogP contribution is 2.13. The summed E-state index contributed by atoms with van der Waals surface area (Å²) in [6.07, 6.45) is 2.93. The molecule has 1 N–H and O–H groups in total. The molecule has 25 heavy (non-hydrogen) atoms. The normalized spacial score (nSPS) is 12.0. The minimum absolute atomic E-state index is 0.177. The molecule has 134 valence electrons. The van der Waals surface area contributed by atoms with Gasteiger partial charge in [-0.2, -0.15) is 0 Å². The number of aromatic nitrogens is 1. The summed E-state index contributed by atoms with van der Waals surface area (Å²) >= 11 is 0. The van der Waals surface area contributed by atoms with E-state index in [1.54, 1.807) is 37.4 Å². The molecule has 6 heteroatoms. The van der Waals surface area contributed by atoms with Gasteiger partial charge in [-0.1, -0.05) is 6.07 Å². The fraction of sp³-hybridized carbons (Fsp3) is 0.368. The van der Waals surface area contributed by atoms with E-state index in [1.165, 1.54) is 0 Å². The van der Waals surface area contributed by atoms with Crippen LogP contribution in [0.1, 0.15) is 22.8 Å². The summed E-state index contributed by atoms with van der Waals surface area (Å²) < 4.78 is 10.5. The highest BCUT2D eigenvalue weighted by molar-refractivity contribution is 5.89. The van der Waals surface area contributed by atoms with Crippen LogP contribution in [0.2, 0.25) is 0 Å². The topological polar surface area (TPSA) is 71.9 Å². The number of likely N-dealkylation sites (N-methyl/N-ethyl adjacent to an activating group) is 1. The lowest BCUT2D eigenvalue weighted by molar-refractivity contribution is 0.0525. The maximum absolute atomic E-state index is 11.6. The molecule has 0 aliphatic carbocycles. The van der Waals surface area contributed by atoms with Crippen LogP contribution in [0.3, 0.4) is 0 Å². The Morgan fingerprint density at radius 3 is 2.68 bits per heavy atom. The average Bonchev–Trinajstić information content (AvgIpc) is 2.61. The number of rotatable bonds is 9. The van der Waals surface area contributed by atoms with Gasteiger partial charge in [0, 0.05) is 25.5 Å². The van der Waals surface area contributed by atoms with Gasteiger partial charge < -0.3 is 14.6 Å². The van der Waals surface area contributed by atoms with Crippen molar-refractivity contribution in [3.8, 4) is 5.75 Å². The molecular formula is C19H24N2O4. The number of aliphatic hydroxyl groups excluding tert-OH is 1. The highest BCUT2D eigenvalue weighted by Gasteiger charge is 2.11. The second-order valence-electron chi connectivity index (χ2n) is 5.77. The number of nitrogens with zero attached hydrogens (tertiary/aromatic N) is 2. The lowest BCUT2D eigenvalue weighted by atomic mass is 10.2. The molecule has 0 bridgehead atoms. The van der Waals surface area contributed by atoms with Gasteiger partial charge >= 0.3 is 5.97 Å². The molecule has 0 aliphatic heterocycles. The van der Waals surface area contributed by atoms with Crippen LogP contribution in [0.5, 0.6) is 5.75 Å². The Morgan fingerprint density at radius 2 is 2.04 bits per heavy atom. The zero-order valence-corrected chi connectivity index (χ0v) is 14.6. The van der Waals surface area contributed by atoms with Crippen LogP contribution in [0.25, 0.3) is 0 Å². The van der Waals surface area contributed by atoms with E-state index in [2.05, 4.69) is 4.98 Å². The van der Waals surface area contributed by atoms with Crippen molar-refractivity contribution in [1.82, 2.24) is 9.88 Å². The van der Waals surface area contributed by atoms with Crippen molar-refractivity contribution in [2.45, 2.75) is 19.6 Å². The van der Waals surface area contributed by atoms with Crippen LogP contribution in [0.15, 0.2) is 48.8 Å². The van der Waals surface area contributed by atoms with Gasteiger partial charge in [-0.25, -0.2) is 4.79 Å². The molecule has 1 atom stereocenters. The van der Waals surface area contributed by atoms with Crippen molar-refractivity contribution < 1.29 is 19.4 Å². The lowest BCUT2D eigenvalue weighted by Gasteiger charge is -2.20. The first-order valence-corrected chi connectivity index (χ1v) is 8.24. The van der Waals surface area contributed by atoms with E-state index in [0.29, 0.717) is 31.0 Å². The third-order valence-electron chi connectivity index (χ3n) is 3.51. The standard InChI is InChI=1S/C19H24N2O4/c1-3-24-19(23)16-6-8-18(9-7-16)25-14-17(22)13-21(2)12-15-5-4-10-20-11-15/h4-11,17,22H,3,12-14H2,1-2H3. The van der Waals surface area contributed by atoms with Gasteiger partial charge in [-0.3, -0.25) is 9.88 Å². The zero-order valence-electron chi connectivity index (χ0n) is 14.6. The van der Waals surface area contributed by atoms with E-state index in [9.17, 15) is 9.90 Å². The fourth-order valence-corrected chi connectivity index (χ4v) is 2.37. The Balaban J connectivity index is 1.75. The third-order valence-corrected chi connectivity index (χ3v) is 3.51. The SMILES string of the molecule is CCOC(=O)c1ccc(OCC(O)CN(C)Cc2cccnc2)cc1. The number of benzene rings is 1. The maximum atomic E-state index is 11.6. The molecule has 0 amide bonds. The predicted molar refractivity (Wildman–Crippen MR) is 94.5 cm³/mol. The zero-order chi connectivity index (χ0) is 18.1. The molecule has 0 saturated heterocycles. The number of carbonyl (C=O) groups excluding carboxylic acids is 1. The largest absolute Gasteiger partial charge is 0.491 e. The van der Waals surface area contributed by atoms with Gasteiger partial charge in [0.05, 0.1) is 12.2 Å². The van der Waals surface area contributed by atoms with E-state index in [4.69, 9.17) is 9.47 Å². The van der Waals surface area contributed by atoms with Crippen LogP contribution in [-0.4, -0.2) is 53.9 Å². The van der Waals surface area contributed by atoms with Crippen LogP contribution >= 0.6 is 0 Å². The van der Waals surface area contributed by atoms with Crippen molar-refractivity contribution in [3.05, 3.63) is 59.9 Å². The van der Waals surface area contributed by atoms with Gasteiger partial charge in [0.25, 0.3) is 0 Å². The smallest absolute Gasteiger partial charge is 0.338 e. The van der Waals surface area contributed by atoms with Gasteiger partial charge in [-0.15, -0.1) is 0 Å². The monoisotopic (exact) mass is 344 g/mol. The average molecular weight is 344 g/mol. The second kappa shape index (κ2) is 9.76. The molecule has 1 heterocycles. The number of esters is 1. The molecule has 2 aromatic rings. The Labute approximate surface area is 148 Å². The minimum atomic E-state index is -0.619. The molecule has 2 rings (SSSR count). The Morgan fingerprint density at radius 1 is 1.28 bits per heavy atom. The maximum Gasteiger partial charge on any atom is 0.338 e. The summed E-state index contributed by atoms with van der Waals surface area (Å²) in [6.45, 7) is 3.48. The summed E-state index contributed by atoms with van der Waals surface area (Å²) in [6, 6.07) is 10.6. The molecule has 1 aromatic carbocycles. The van der Waals surface area contributed by atoms with E-state index in [1.807, 2.05) is 30.3 Å². The number of ether oxygens (including phenoxy) is 2. The fourth-order valence-electron chi connectivity index (χ4n) is 2.37.